The Morgan fingerprint density at radius 2 is 1.85 bits per heavy atom. The van der Waals surface area contributed by atoms with Crippen LogP contribution in [-0.2, 0) is 4.79 Å². The van der Waals surface area contributed by atoms with Crippen molar-refractivity contribution in [3.8, 4) is 0 Å². The Morgan fingerprint density at radius 1 is 1.11 bits per heavy atom. The Bertz CT molecular complexity index is 977. The number of thioether (sulfide) groups is 1. The van der Waals surface area contributed by atoms with Crippen molar-refractivity contribution in [3.63, 3.8) is 0 Å². The van der Waals surface area contributed by atoms with Crippen LogP contribution in [0.1, 0.15) is 51.4 Å². The summed E-state index contributed by atoms with van der Waals surface area (Å²) >= 11 is 1.49. The second-order valence-electron chi connectivity index (χ2n) is 7.41. The molecule has 0 saturated heterocycles. The van der Waals surface area contributed by atoms with E-state index in [0.29, 0.717) is 12.0 Å². The number of carbonyl (C=O) groups excluding carboxylic acids is 1. The standard InChI is InChI=1S/C21H24N4OS/c1-13(2)19-23-24-21(25(19)18-10-11-18)27-14(3)20(26)22-17-9-8-15-6-4-5-7-16(15)12-17/h4-9,12-14,18H,10-11H2,1-3H3,(H,22,26). The highest BCUT2D eigenvalue weighted by Gasteiger charge is 2.31. The number of hydrogen-bond acceptors (Lipinski definition) is 4. The fraction of sp³-hybridized carbons (Fsp3) is 0.381. The van der Waals surface area contributed by atoms with Crippen molar-refractivity contribution in [2.45, 2.75) is 56.0 Å². The van der Waals surface area contributed by atoms with E-state index in [1.54, 1.807) is 0 Å². The Balaban J connectivity index is 1.48. The molecule has 1 unspecified atom stereocenters. The first-order valence-electron chi connectivity index (χ1n) is 9.44. The molecule has 2 aromatic carbocycles. The van der Waals surface area contributed by atoms with Gasteiger partial charge in [-0.3, -0.25) is 4.79 Å². The molecule has 1 saturated carbocycles. The number of fused-ring (bicyclic) bond motifs is 1. The predicted molar refractivity (Wildman–Crippen MR) is 110 cm³/mol. The SMILES string of the molecule is CC(Sc1nnc(C(C)C)n1C1CC1)C(=O)Nc1ccc2ccccc2c1. The summed E-state index contributed by atoms with van der Waals surface area (Å²) in [6, 6.07) is 14.6. The normalized spacial score (nSPS) is 15.3. The van der Waals surface area contributed by atoms with E-state index in [1.807, 2.05) is 37.3 Å². The lowest BCUT2D eigenvalue weighted by atomic mass is 10.1. The first-order chi connectivity index (χ1) is 13.0. The molecule has 27 heavy (non-hydrogen) atoms. The molecular formula is C21H24N4OS. The molecule has 0 radical (unpaired) electrons. The van der Waals surface area contributed by atoms with Crippen molar-refractivity contribution in [3.05, 3.63) is 48.3 Å². The monoisotopic (exact) mass is 380 g/mol. The van der Waals surface area contributed by atoms with Crippen LogP contribution < -0.4 is 5.32 Å². The third-order valence-electron chi connectivity index (χ3n) is 4.79. The lowest BCUT2D eigenvalue weighted by Crippen LogP contribution is -2.23. The molecule has 6 heteroatoms. The summed E-state index contributed by atoms with van der Waals surface area (Å²) in [6.45, 7) is 6.18. The Morgan fingerprint density at radius 3 is 2.56 bits per heavy atom. The summed E-state index contributed by atoms with van der Waals surface area (Å²) in [5, 5.41) is 14.6. The fourth-order valence-corrected chi connectivity index (χ4v) is 4.09. The second-order valence-corrected chi connectivity index (χ2v) is 8.72. The second kappa shape index (κ2) is 7.35. The van der Waals surface area contributed by atoms with Crippen LogP contribution in [0.4, 0.5) is 5.69 Å². The van der Waals surface area contributed by atoms with Crippen LogP contribution in [0.25, 0.3) is 10.8 Å². The zero-order chi connectivity index (χ0) is 19.0. The molecule has 140 valence electrons. The molecule has 0 spiro atoms. The van der Waals surface area contributed by atoms with Gasteiger partial charge >= 0.3 is 0 Å². The molecule has 0 aliphatic heterocycles. The van der Waals surface area contributed by atoms with E-state index in [9.17, 15) is 4.79 Å². The number of nitrogens with zero attached hydrogens (tertiary/aromatic N) is 3. The first kappa shape index (κ1) is 18.0. The third kappa shape index (κ3) is 3.86. The highest BCUT2D eigenvalue weighted by molar-refractivity contribution is 8.00. The Kier molecular flexibility index (Phi) is 4.91. The highest BCUT2D eigenvalue weighted by Crippen LogP contribution is 2.40. The molecule has 1 heterocycles. The minimum Gasteiger partial charge on any atom is -0.325 e. The zero-order valence-corrected chi connectivity index (χ0v) is 16.7. The number of carbonyl (C=O) groups is 1. The molecular weight excluding hydrogens is 356 g/mol. The first-order valence-corrected chi connectivity index (χ1v) is 10.3. The molecule has 5 nitrogen and oxygen atoms in total. The minimum absolute atomic E-state index is 0.0216. The molecule has 1 N–H and O–H groups in total. The van der Waals surface area contributed by atoms with E-state index >= 15 is 0 Å². The summed E-state index contributed by atoms with van der Waals surface area (Å²) < 4.78 is 2.23. The number of anilines is 1. The molecule has 4 rings (SSSR count). The van der Waals surface area contributed by atoms with Gasteiger partial charge in [-0.15, -0.1) is 10.2 Å². The zero-order valence-electron chi connectivity index (χ0n) is 15.8. The van der Waals surface area contributed by atoms with E-state index in [4.69, 9.17) is 0 Å². The van der Waals surface area contributed by atoms with Crippen LogP contribution in [0.2, 0.25) is 0 Å². The molecule has 1 amide bonds. The molecule has 1 fully saturated rings. The minimum atomic E-state index is -0.252. The van der Waals surface area contributed by atoms with Crippen LogP contribution in [0, 0.1) is 0 Å². The number of aromatic nitrogens is 3. The lowest BCUT2D eigenvalue weighted by Gasteiger charge is -2.14. The van der Waals surface area contributed by atoms with Crippen molar-refractivity contribution in [2.24, 2.45) is 0 Å². The van der Waals surface area contributed by atoms with Crippen molar-refractivity contribution in [1.82, 2.24) is 14.8 Å². The van der Waals surface area contributed by atoms with E-state index < -0.39 is 0 Å². The summed E-state index contributed by atoms with van der Waals surface area (Å²) in [7, 11) is 0. The van der Waals surface area contributed by atoms with Crippen LogP contribution in [0.3, 0.4) is 0 Å². The maximum atomic E-state index is 12.7. The number of hydrogen-bond donors (Lipinski definition) is 1. The Hall–Kier alpha value is -2.34. The van der Waals surface area contributed by atoms with Crippen molar-refractivity contribution < 1.29 is 4.79 Å². The Labute approximate surface area is 163 Å². The molecule has 1 atom stereocenters. The van der Waals surface area contributed by atoms with Gasteiger partial charge in [-0.2, -0.15) is 0 Å². The van der Waals surface area contributed by atoms with Gasteiger partial charge in [0.25, 0.3) is 0 Å². The smallest absolute Gasteiger partial charge is 0.237 e. The van der Waals surface area contributed by atoms with Gasteiger partial charge in [0.2, 0.25) is 5.91 Å². The van der Waals surface area contributed by atoms with Gasteiger partial charge < -0.3 is 9.88 Å². The summed E-state index contributed by atoms with van der Waals surface area (Å²) in [5.41, 5.74) is 0.817. The van der Waals surface area contributed by atoms with Crippen LogP contribution in [0.5, 0.6) is 0 Å². The van der Waals surface area contributed by atoms with E-state index in [-0.39, 0.29) is 11.2 Å². The van der Waals surface area contributed by atoms with Crippen LogP contribution in [0.15, 0.2) is 47.6 Å². The quantitative estimate of drug-likeness (QED) is 0.611. The fourth-order valence-electron chi connectivity index (χ4n) is 3.16. The largest absolute Gasteiger partial charge is 0.325 e. The molecule has 1 aliphatic rings. The molecule has 1 aliphatic carbocycles. The lowest BCUT2D eigenvalue weighted by molar-refractivity contribution is -0.115. The number of benzene rings is 2. The summed E-state index contributed by atoms with van der Waals surface area (Å²) in [4.78, 5) is 12.7. The number of amides is 1. The molecule has 0 bridgehead atoms. The average Bonchev–Trinajstić information content (AvgIpc) is 3.41. The van der Waals surface area contributed by atoms with Gasteiger partial charge in [-0.05, 0) is 42.7 Å². The van der Waals surface area contributed by atoms with Crippen molar-refractivity contribution >= 4 is 34.1 Å². The van der Waals surface area contributed by atoms with E-state index in [0.717, 1.165) is 27.4 Å². The molecule has 1 aromatic heterocycles. The van der Waals surface area contributed by atoms with Gasteiger partial charge in [0.1, 0.15) is 5.82 Å². The number of nitrogens with one attached hydrogen (secondary N) is 1. The van der Waals surface area contributed by atoms with Crippen molar-refractivity contribution in [2.75, 3.05) is 5.32 Å². The van der Waals surface area contributed by atoms with Crippen LogP contribution >= 0.6 is 11.8 Å². The maximum absolute atomic E-state index is 12.7. The van der Waals surface area contributed by atoms with Gasteiger partial charge in [-0.25, -0.2) is 0 Å². The van der Waals surface area contributed by atoms with Crippen LogP contribution in [-0.4, -0.2) is 25.9 Å². The predicted octanol–water partition coefficient (Wildman–Crippen LogP) is 5.01. The summed E-state index contributed by atoms with van der Waals surface area (Å²) in [6.07, 6.45) is 2.34. The van der Waals surface area contributed by atoms with Gasteiger partial charge in [0, 0.05) is 17.6 Å². The van der Waals surface area contributed by atoms with Gasteiger partial charge in [0.15, 0.2) is 5.16 Å². The van der Waals surface area contributed by atoms with Gasteiger partial charge in [-0.1, -0.05) is 55.9 Å². The third-order valence-corrected chi connectivity index (χ3v) is 5.84. The van der Waals surface area contributed by atoms with E-state index in [2.05, 4.69) is 46.1 Å². The van der Waals surface area contributed by atoms with Crippen molar-refractivity contribution in [1.29, 1.82) is 0 Å². The average molecular weight is 381 g/mol. The highest BCUT2D eigenvalue weighted by atomic mass is 32.2. The summed E-state index contributed by atoms with van der Waals surface area (Å²) in [5.74, 6) is 1.32. The number of rotatable bonds is 6. The molecule has 3 aromatic rings. The topological polar surface area (TPSA) is 59.8 Å². The van der Waals surface area contributed by atoms with E-state index in [1.165, 1.54) is 24.6 Å². The van der Waals surface area contributed by atoms with Gasteiger partial charge in [0.05, 0.1) is 5.25 Å². The maximum Gasteiger partial charge on any atom is 0.237 e.